The van der Waals surface area contributed by atoms with Crippen LogP contribution < -0.4 is 10.1 Å². The SMILES string of the molecule is COc1cccc(CNCc2ccon2)n1. The summed E-state index contributed by atoms with van der Waals surface area (Å²) in [7, 11) is 1.61. The zero-order valence-corrected chi connectivity index (χ0v) is 9.01. The minimum atomic E-state index is 0.626. The number of nitrogens with zero attached hydrogens (tertiary/aromatic N) is 2. The van der Waals surface area contributed by atoms with Crippen molar-refractivity contribution in [2.24, 2.45) is 0 Å². The van der Waals surface area contributed by atoms with Crippen LogP contribution in [0.1, 0.15) is 11.4 Å². The average molecular weight is 219 g/mol. The molecule has 16 heavy (non-hydrogen) atoms. The van der Waals surface area contributed by atoms with Gasteiger partial charge in [0.15, 0.2) is 0 Å². The van der Waals surface area contributed by atoms with E-state index in [4.69, 9.17) is 9.26 Å². The van der Waals surface area contributed by atoms with Gasteiger partial charge in [-0.3, -0.25) is 0 Å². The Balaban J connectivity index is 1.85. The summed E-state index contributed by atoms with van der Waals surface area (Å²) in [5.74, 6) is 0.626. The van der Waals surface area contributed by atoms with E-state index >= 15 is 0 Å². The Bertz CT molecular complexity index is 429. The second kappa shape index (κ2) is 5.27. The van der Waals surface area contributed by atoms with Crippen LogP contribution in [0.3, 0.4) is 0 Å². The minimum absolute atomic E-state index is 0.626. The van der Waals surface area contributed by atoms with Gasteiger partial charge < -0.3 is 14.6 Å². The lowest BCUT2D eigenvalue weighted by Gasteiger charge is -2.03. The number of ether oxygens (including phenoxy) is 1. The van der Waals surface area contributed by atoms with Crippen molar-refractivity contribution in [1.82, 2.24) is 15.5 Å². The molecule has 5 nitrogen and oxygen atoms in total. The molecule has 0 unspecified atom stereocenters. The second-order valence-corrected chi connectivity index (χ2v) is 3.27. The summed E-state index contributed by atoms with van der Waals surface area (Å²) in [5.41, 5.74) is 1.81. The molecule has 5 heteroatoms. The van der Waals surface area contributed by atoms with Crippen LogP contribution >= 0.6 is 0 Å². The van der Waals surface area contributed by atoms with Gasteiger partial charge in [-0.1, -0.05) is 11.2 Å². The Morgan fingerprint density at radius 1 is 1.25 bits per heavy atom. The van der Waals surface area contributed by atoms with Crippen molar-refractivity contribution in [1.29, 1.82) is 0 Å². The molecule has 2 aromatic heterocycles. The Labute approximate surface area is 93.4 Å². The lowest BCUT2D eigenvalue weighted by Crippen LogP contribution is -2.13. The minimum Gasteiger partial charge on any atom is -0.481 e. The molecule has 0 aromatic carbocycles. The first kappa shape index (κ1) is 10.6. The molecule has 1 N–H and O–H groups in total. The van der Waals surface area contributed by atoms with Gasteiger partial charge in [-0.05, 0) is 6.07 Å². The third-order valence-corrected chi connectivity index (χ3v) is 2.09. The molecular weight excluding hydrogens is 206 g/mol. The average Bonchev–Trinajstić information content (AvgIpc) is 2.82. The number of hydrogen-bond acceptors (Lipinski definition) is 5. The Morgan fingerprint density at radius 2 is 2.12 bits per heavy atom. The molecule has 0 fully saturated rings. The number of hydrogen-bond donors (Lipinski definition) is 1. The predicted molar refractivity (Wildman–Crippen MR) is 57.8 cm³/mol. The monoisotopic (exact) mass is 219 g/mol. The van der Waals surface area contributed by atoms with Gasteiger partial charge in [0.05, 0.1) is 18.5 Å². The summed E-state index contributed by atoms with van der Waals surface area (Å²) in [6.45, 7) is 1.33. The number of methoxy groups -OCH3 is 1. The van der Waals surface area contributed by atoms with Crippen LogP contribution in [0.5, 0.6) is 5.88 Å². The highest BCUT2D eigenvalue weighted by Gasteiger charge is 1.99. The topological polar surface area (TPSA) is 60.2 Å². The van der Waals surface area contributed by atoms with Gasteiger partial charge in [0.25, 0.3) is 0 Å². The summed E-state index contributed by atoms with van der Waals surface area (Å²) in [6.07, 6.45) is 1.56. The van der Waals surface area contributed by atoms with E-state index in [2.05, 4.69) is 15.5 Å². The third kappa shape index (κ3) is 2.80. The number of pyridine rings is 1. The molecule has 0 bridgehead atoms. The van der Waals surface area contributed by atoms with Crippen LogP contribution in [0.4, 0.5) is 0 Å². The van der Waals surface area contributed by atoms with Crippen LogP contribution in [0.15, 0.2) is 35.1 Å². The van der Waals surface area contributed by atoms with Crippen molar-refractivity contribution >= 4 is 0 Å². The number of aromatic nitrogens is 2. The lowest BCUT2D eigenvalue weighted by atomic mass is 10.3. The normalized spacial score (nSPS) is 10.3. The largest absolute Gasteiger partial charge is 0.481 e. The van der Waals surface area contributed by atoms with Gasteiger partial charge in [0.2, 0.25) is 5.88 Å². The van der Waals surface area contributed by atoms with Crippen LogP contribution in [0.2, 0.25) is 0 Å². The molecule has 0 saturated carbocycles. The summed E-state index contributed by atoms with van der Waals surface area (Å²) < 4.78 is 9.77. The lowest BCUT2D eigenvalue weighted by molar-refractivity contribution is 0.395. The van der Waals surface area contributed by atoms with Crippen molar-refractivity contribution in [2.75, 3.05) is 7.11 Å². The van der Waals surface area contributed by atoms with Crippen LogP contribution in [0.25, 0.3) is 0 Å². The molecule has 0 radical (unpaired) electrons. The highest BCUT2D eigenvalue weighted by atomic mass is 16.5. The first-order chi connectivity index (χ1) is 7.88. The summed E-state index contributed by atoms with van der Waals surface area (Å²) >= 11 is 0. The maximum Gasteiger partial charge on any atom is 0.213 e. The Hall–Kier alpha value is -1.88. The molecule has 2 rings (SSSR count). The van der Waals surface area contributed by atoms with E-state index in [1.807, 2.05) is 24.3 Å². The fourth-order valence-electron chi connectivity index (χ4n) is 1.32. The molecule has 2 heterocycles. The van der Waals surface area contributed by atoms with Gasteiger partial charge >= 0.3 is 0 Å². The number of nitrogens with one attached hydrogen (secondary N) is 1. The summed E-state index contributed by atoms with van der Waals surface area (Å²) in [6, 6.07) is 7.50. The van der Waals surface area contributed by atoms with Gasteiger partial charge in [-0.25, -0.2) is 4.98 Å². The fraction of sp³-hybridized carbons (Fsp3) is 0.273. The van der Waals surface area contributed by atoms with Crippen LogP contribution in [0, 0.1) is 0 Å². The van der Waals surface area contributed by atoms with E-state index in [0.29, 0.717) is 19.0 Å². The molecule has 0 saturated heterocycles. The van der Waals surface area contributed by atoms with E-state index in [1.54, 1.807) is 13.4 Å². The Kier molecular flexibility index (Phi) is 3.50. The van der Waals surface area contributed by atoms with Gasteiger partial charge in [0, 0.05) is 25.2 Å². The van der Waals surface area contributed by atoms with E-state index in [-0.39, 0.29) is 0 Å². The van der Waals surface area contributed by atoms with Crippen molar-refractivity contribution in [2.45, 2.75) is 13.1 Å². The first-order valence-corrected chi connectivity index (χ1v) is 4.98. The van der Waals surface area contributed by atoms with Crippen molar-refractivity contribution in [3.8, 4) is 5.88 Å². The quantitative estimate of drug-likeness (QED) is 0.822. The molecule has 0 aliphatic heterocycles. The zero-order valence-electron chi connectivity index (χ0n) is 9.01. The molecule has 0 aliphatic carbocycles. The van der Waals surface area contributed by atoms with Crippen LogP contribution in [-0.4, -0.2) is 17.3 Å². The summed E-state index contributed by atoms with van der Waals surface area (Å²) in [4.78, 5) is 4.28. The van der Waals surface area contributed by atoms with Crippen molar-refractivity contribution in [3.05, 3.63) is 41.9 Å². The van der Waals surface area contributed by atoms with Gasteiger partial charge in [0.1, 0.15) is 6.26 Å². The molecule has 84 valence electrons. The highest BCUT2D eigenvalue weighted by molar-refractivity contribution is 5.15. The zero-order chi connectivity index (χ0) is 11.2. The van der Waals surface area contributed by atoms with Crippen molar-refractivity contribution in [3.63, 3.8) is 0 Å². The smallest absolute Gasteiger partial charge is 0.213 e. The predicted octanol–water partition coefficient (Wildman–Crippen LogP) is 1.37. The van der Waals surface area contributed by atoms with E-state index in [1.165, 1.54) is 0 Å². The van der Waals surface area contributed by atoms with Crippen LogP contribution in [-0.2, 0) is 13.1 Å². The maximum atomic E-state index is 5.04. The fourth-order valence-corrected chi connectivity index (χ4v) is 1.32. The second-order valence-electron chi connectivity index (χ2n) is 3.27. The van der Waals surface area contributed by atoms with E-state index in [0.717, 1.165) is 11.4 Å². The van der Waals surface area contributed by atoms with E-state index in [9.17, 15) is 0 Å². The maximum absolute atomic E-state index is 5.04. The standard InChI is InChI=1S/C11H13N3O2/c1-15-11-4-2-3-9(13-11)7-12-8-10-5-6-16-14-10/h2-6,12H,7-8H2,1H3. The molecule has 0 amide bonds. The summed E-state index contributed by atoms with van der Waals surface area (Å²) in [5, 5.41) is 7.01. The first-order valence-electron chi connectivity index (χ1n) is 4.98. The highest BCUT2D eigenvalue weighted by Crippen LogP contribution is 2.06. The molecule has 2 aromatic rings. The van der Waals surface area contributed by atoms with Crippen molar-refractivity contribution < 1.29 is 9.26 Å². The van der Waals surface area contributed by atoms with Gasteiger partial charge in [-0.15, -0.1) is 0 Å². The molecule has 0 aliphatic rings. The Morgan fingerprint density at radius 3 is 2.88 bits per heavy atom. The molecular formula is C11H13N3O2. The number of rotatable bonds is 5. The molecule has 0 atom stereocenters. The van der Waals surface area contributed by atoms with Gasteiger partial charge in [-0.2, -0.15) is 0 Å². The van der Waals surface area contributed by atoms with E-state index < -0.39 is 0 Å². The molecule has 0 spiro atoms. The third-order valence-electron chi connectivity index (χ3n) is 2.09.